The summed E-state index contributed by atoms with van der Waals surface area (Å²) in [5, 5.41) is 0. The molecule has 1 rings (SSSR count). The van der Waals surface area contributed by atoms with E-state index in [1.165, 1.54) is 20.3 Å². The minimum atomic E-state index is -0.583. The summed E-state index contributed by atoms with van der Waals surface area (Å²) in [7, 11) is 2.67. The summed E-state index contributed by atoms with van der Waals surface area (Å²) < 4.78 is 22.9. The van der Waals surface area contributed by atoms with Gasteiger partial charge in [-0.3, -0.25) is 4.79 Å². The fraction of sp³-hybridized carbons (Fsp3) is 0.300. The van der Waals surface area contributed by atoms with Crippen molar-refractivity contribution in [3.63, 3.8) is 0 Å². The standard InChI is InChI=1S/C10H10ClFO3/c1-14-9-4-7(12)10(15-2)3-6(9)8(13)5-11/h3-4H,5H2,1-2H3. The summed E-state index contributed by atoms with van der Waals surface area (Å²) in [6.45, 7) is 0. The lowest BCUT2D eigenvalue weighted by Gasteiger charge is -2.09. The zero-order chi connectivity index (χ0) is 11.4. The highest BCUT2D eigenvalue weighted by Gasteiger charge is 2.16. The number of ketones is 1. The first-order valence-corrected chi connectivity index (χ1v) is 4.68. The molecule has 3 nitrogen and oxygen atoms in total. The normalized spacial score (nSPS) is 9.87. The van der Waals surface area contributed by atoms with E-state index in [-0.39, 0.29) is 28.7 Å². The first-order chi connectivity index (χ1) is 7.13. The maximum absolute atomic E-state index is 13.2. The molecule has 1 aromatic rings. The molecule has 0 saturated heterocycles. The van der Waals surface area contributed by atoms with Gasteiger partial charge in [0, 0.05) is 6.07 Å². The molecule has 0 aliphatic carbocycles. The summed E-state index contributed by atoms with van der Waals surface area (Å²) in [6.07, 6.45) is 0. The molecule has 15 heavy (non-hydrogen) atoms. The Kier molecular flexibility index (Phi) is 3.91. The van der Waals surface area contributed by atoms with Crippen molar-refractivity contribution in [2.75, 3.05) is 20.1 Å². The van der Waals surface area contributed by atoms with Gasteiger partial charge in [0.15, 0.2) is 17.3 Å². The molecule has 0 amide bonds. The highest BCUT2D eigenvalue weighted by molar-refractivity contribution is 6.30. The van der Waals surface area contributed by atoms with Gasteiger partial charge in [0.25, 0.3) is 0 Å². The van der Waals surface area contributed by atoms with E-state index in [0.717, 1.165) is 6.07 Å². The van der Waals surface area contributed by atoms with Crippen molar-refractivity contribution in [3.8, 4) is 11.5 Å². The smallest absolute Gasteiger partial charge is 0.181 e. The Morgan fingerprint density at radius 3 is 2.40 bits per heavy atom. The first-order valence-electron chi connectivity index (χ1n) is 4.14. The average Bonchev–Trinajstić information content (AvgIpc) is 2.27. The Hall–Kier alpha value is -1.29. The van der Waals surface area contributed by atoms with Crippen LogP contribution in [0.15, 0.2) is 12.1 Å². The van der Waals surface area contributed by atoms with Crippen LogP contribution in [-0.2, 0) is 0 Å². The minimum absolute atomic E-state index is 0.00994. The minimum Gasteiger partial charge on any atom is -0.496 e. The van der Waals surface area contributed by atoms with Crippen LogP contribution in [0.25, 0.3) is 0 Å². The summed E-state index contributed by atoms with van der Waals surface area (Å²) in [6, 6.07) is 2.37. The van der Waals surface area contributed by atoms with Crippen LogP contribution in [0.1, 0.15) is 10.4 Å². The van der Waals surface area contributed by atoms with Crippen molar-refractivity contribution in [2.45, 2.75) is 0 Å². The molecular weight excluding hydrogens is 223 g/mol. The highest BCUT2D eigenvalue weighted by atomic mass is 35.5. The van der Waals surface area contributed by atoms with Crippen LogP contribution in [0, 0.1) is 5.82 Å². The predicted octanol–water partition coefficient (Wildman–Crippen LogP) is 2.26. The van der Waals surface area contributed by atoms with E-state index >= 15 is 0 Å². The largest absolute Gasteiger partial charge is 0.496 e. The molecule has 0 spiro atoms. The molecule has 0 aliphatic rings. The van der Waals surface area contributed by atoms with Crippen LogP contribution >= 0.6 is 11.6 Å². The second-order valence-electron chi connectivity index (χ2n) is 2.74. The van der Waals surface area contributed by atoms with Gasteiger partial charge in [0.1, 0.15) is 5.75 Å². The van der Waals surface area contributed by atoms with Gasteiger partial charge in [-0.1, -0.05) is 0 Å². The zero-order valence-corrected chi connectivity index (χ0v) is 9.10. The van der Waals surface area contributed by atoms with E-state index in [1.54, 1.807) is 0 Å². The number of ether oxygens (including phenoxy) is 2. The van der Waals surface area contributed by atoms with Gasteiger partial charge in [-0.2, -0.15) is 0 Å². The van der Waals surface area contributed by atoms with Gasteiger partial charge in [-0.15, -0.1) is 11.6 Å². The van der Waals surface area contributed by atoms with Crippen molar-refractivity contribution in [1.82, 2.24) is 0 Å². The fourth-order valence-corrected chi connectivity index (χ4v) is 1.29. The Balaban J connectivity index is 3.28. The average molecular weight is 233 g/mol. The topological polar surface area (TPSA) is 35.5 Å². The van der Waals surface area contributed by atoms with Crippen LogP contribution in [-0.4, -0.2) is 25.9 Å². The van der Waals surface area contributed by atoms with Crippen molar-refractivity contribution in [3.05, 3.63) is 23.5 Å². The van der Waals surface area contributed by atoms with E-state index in [9.17, 15) is 9.18 Å². The number of methoxy groups -OCH3 is 2. The van der Waals surface area contributed by atoms with Crippen molar-refractivity contribution >= 4 is 17.4 Å². The number of rotatable bonds is 4. The Labute approximate surface area is 91.7 Å². The molecule has 82 valence electrons. The fourth-order valence-electron chi connectivity index (χ4n) is 1.15. The van der Waals surface area contributed by atoms with E-state index in [1.807, 2.05) is 0 Å². The molecule has 0 aliphatic heterocycles. The lowest BCUT2D eigenvalue weighted by molar-refractivity contribution is 0.101. The van der Waals surface area contributed by atoms with E-state index in [4.69, 9.17) is 21.1 Å². The van der Waals surface area contributed by atoms with Gasteiger partial charge >= 0.3 is 0 Å². The predicted molar refractivity (Wildman–Crippen MR) is 54.6 cm³/mol. The maximum atomic E-state index is 13.2. The number of carbonyl (C=O) groups excluding carboxylic acids is 1. The number of halogens is 2. The highest BCUT2D eigenvalue weighted by Crippen LogP contribution is 2.28. The third-order valence-electron chi connectivity index (χ3n) is 1.90. The molecular formula is C10H10ClFO3. The summed E-state index contributed by atoms with van der Waals surface area (Å²) in [4.78, 5) is 11.4. The second-order valence-corrected chi connectivity index (χ2v) is 3.01. The van der Waals surface area contributed by atoms with Gasteiger partial charge in [0.05, 0.1) is 25.7 Å². The molecule has 0 N–H and O–H groups in total. The molecule has 0 unspecified atom stereocenters. The monoisotopic (exact) mass is 232 g/mol. The molecule has 5 heteroatoms. The first kappa shape index (κ1) is 11.8. The summed E-state index contributed by atoms with van der Waals surface area (Å²) >= 11 is 5.41. The van der Waals surface area contributed by atoms with Crippen LogP contribution < -0.4 is 9.47 Å². The Morgan fingerprint density at radius 2 is 1.93 bits per heavy atom. The van der Waals surface area contributed by atoms with Gasteiger partial charge < -0.3 is 9.47 Å². The number of carbonyl (C=O) groups is 1. The number of benzene rings is 1. The number of alkyl halides is 1. The lowest BCUT2D eigenvalue weighted by Crippen LogP contribution is -2.05. The van der Waals surface area contributed by atoms with Crippen molar-refractivity contribution < 1.29 is 18.7 Å². The number of hydrogen-bond acceptors (Lipinski definition) is 3. The molecule has 0 radical (unpaired) electrons. The molecule has 0 heterocycles. The summed E-state index contributed by atoms with van der Waals surface area (Å²) in [5.74, 6) is -0.971. The maximum Gasteiger partial charge on any atom is 0.181 e. The third-order valence-corrected chi connectivity index (χ3v) is 2.14. The summed E-state index contributed by atoms with van der Waals surface area (Å²) in [5.41, 5.74) is 0.214. The molecule has 0 aromatic heterocycles. The van der Waals surface area contributed by atoms with Gasteiger partial charge in [-0.05, 0) is 6.07 Å². The van der Waals surface area contributed by atoms with E-state index < -0.39 is 5.82 Å². The van der Waals surface area contributed by atoms with E-state index in [2.05, 4.69) is 0 Å². The van der Waals surface area contributed by atoms with Crippen LogP contribution in [0.2, 0.25) is 0 Å². The van der Waals surface area contributed by atoms with Gasteiger partial charge in [-0.25, -0.2) is 4.39 Å². The molecule has 0 saturated carbocycles. The molecule has 0 atom stereocenters. The quantitative estimate of drug-likeness (QED) is 0.590. The molecule has 0 bridgehead atoms. The van der Waals surface area contributed by atoms with E-state index in [0.29, 0.717) is 0 Å². The van der Waals surface area contributed by atoms with Crippen molar-refractivity contribution in [2.24, 2.45) is 0 Å². The molecule has 1 aromatic carbocycles. The zero-order valence-electron chi connectivity index (χ0n) is 8.34. The molecule has 0 fully saturated rings. The third kappa shape index (κ3) is 2.39. The Morgan fingerprint density at radius 1 is 1.33 bits per heavy atom. The van der Waals surface area contributed by atoms with Crippen LogP contribution in [0.5, 0.6) is 11.5 Å². The second kappa shape index (κ2) is 4.98. The van der Waals surface area contributed by atoms with Crippen LogP contribution in [0.4, 0.5) is 4.39 Å². The van der Waals surface area contributed by atoms with Crippen LogP contribution in [0.3, 0.4) is 0 Å². The number of Topliss-reactive ketones (excluding diaryl/α,β-unsaturated/α-hetero) is 1. The Bertz CT molecular complexity index is 379. The van der Waals surface area contributed by atoms with Gasteiger partial charge in [0.2, 0.25) is 0 Å². The van der Waals surface area contributed by atoms with Crippen molar-refractivity contribution in [1.29, 1.82) is 0 Å². The SMILES string of the molecule is COc1cc(C(=O)CCl)c(OC)cc1F. The number of hydrogen-bond donors (Lipinski definition) is 0. The lowest BCUT2D eigenvalue weighted by atomic mass is 10.1.